The lowest BCUT2D eigenvalue weighted by molar-refractivity contribution is 0.262. The van der Waals surface area contributed by atoms with Crippen molar-refractivity contribution in [2.45, 2.75) is 36.7 Å². The number of hydrogen-bond acceptors (Lipinski definition) is 4. The number of benzene rings is 2. The topological polar surface area (TPSA) is 97.0 Å². The molecule has 1 saturated heterocycles. The molecule has 7 nitrogen and oxygen atoms in total. The molecule has 2 aromatic carbocycles. The lowest BCUT2D eigenvalue weighted by Gasteiger charge is -2.26. The summed E-state index contributed by atoms with van der Waals surface area (Å²) in [4.78, 5) is 4.74. The predicted molar refractivity (Wildman–Crippen MR) is 112 cm³/mol. The number of para-hydroxylation sites is 1. The number of ether oxygens (including phenoxy) is 1. The van der Waals surface area contributed by atoms with Crippen molar-refractivity contribution in [1.29, 1.82) is 0 Å². The molecule has 2 aromatic rings. The highest BCUT2D eigenvalue weighted by atomic mass is 32.2. The quantitative estimate of drug-likeness (QED) is 0.578. The van der Waals surface area contributed by atoms with Crippen molar-refractivity contribution < 1.29 is 13.2 Å². The normalized spacial score (nSPS) is 20.1. The van der Waals surface area contributed by atoms with E-state index in [-0.39, 0.29) is 6.04 Å². The Morgan fingerprint density at radius 1 is 1.14 bits per heavy atom. The zero-order valence-electron chi connectivity index (χ0n) is 16.3. The molecule has 1 atom stereocenters. The fraction of sp³-hybridized carbons (Fsp3) is 0.381. The van der Waals surface area contributed by atoms with Gasteiger partial charge in [-0.25, -0.2) is 13.4 Å². The first-order valence-corrected chi connectivity index (χ1v) is 11.4. The van der Waals surface area contributed by atoms with Crippen LogP contribution in [0.4, 0.5) is 0 Å². The number of guanidine groups is 1. The van der Waals surface area contributed by atoms with Crippen LogP contribution in [-0.2, 0) is 16.6 Å². The van der Waals surface area contributed by atoms with Gasteiger partial charge in [0.05, 0.1) is 24.1 Å². The van der Waals surface area contributed by atoms with Crippen LogP contribution >= 0.6 is 0 Å². The second-order valence-corrected chi connectivity index (χ2v) is 9.27. The third-order valence-electron chi connectivity index (χ3n) is 5.34. The molecular weight excluding hydrogens is 388 g/mol. The first-order chi connectivity index (χ1) is 14.0. The Hall–Kier alpha value is -2.58. The zero-order chi connectivity index (χ0) is 20.3. The van der Waals surface area contributed by atoms with E-state index < -0.39 is 10.0 Å². The van der Waals surface area contributed by atoms with Gasteiger partial charge < -0.3 is 15.8 Å². The van der Waals surface area contributed by atoms with E-state index in [1.807, 2.05) is 24.3 Å². The largest absolute Gasteiger partial charge is 0.493 e. The average Bonchev–Trinajstić information content (AvgIpc) is 3.29. The minimum absolute atomic E-state index is 0.0664. The second-order valence-electron chi connectivity index (χ2n) is 7.33. The second kappa shape index (κ2) is 8.42. The first-order valence-electron chi connectivity index (χ1n) is 9.91. The molecule has 0 aromatic heterocycles. The summed E-state index contributed by atoms with van der Waals surface area (Å²) in [6.45, 7) is 2.22. The summed E-state index contributed by atoms with van der Waals surface area (Å²) in [6.07, 6.45) is 2.67. The van der Waals surface area contributed by atoms with Gasteiger partial charge in [0.25, 0.3) is 0 Å². The fourth-order valence-corrected chi connectivity index (χ4v) is 5.25. The van der Waals surface area contributed by atoms with Gasteiger partial charge >= 0.3 is 0 Å². The van der Waals surface area contributed by atoms with Gasteiger partial charge in [-0.05, 0) is 36.6 Å². The summed E-state index contributed by atoms with van der Waals surface area (Å²) >= 11 is 0. The van der Waals surface area contributed by atoms with Crippen molar-refractivity contribution in [3.63, 3.8) is 0 Å². The van der Waals surface area contributed by atoms with Gasteiger partial charge in [-0.2, -0.15) is 4.31 Å². The van der Waals surface area contributed by atoms with Gasteiger partial charge in [0, 0.05) is 25.1 Å². The monoisotopic (exact) mass is 414 g/mol. The Morgan fingerprint density at radius 2 is 1.86 bits per heavy atom. The van der Waals surface area contributed by atoms with Gasteiger partial charge in [-0.15, -0.1) is 0 Å². The molecule has 0 radical (unpaired) electrons. The molecule has 0 spiro atoms. The number of rotatable bonds is 5. The molecule has 2 aliphatic heterocycles. The number of aliphatic imine (C=N–C) groups is 1. The van der Waals surface area contributed by atoms with Crippen molar-refractivity contribution in [1.82, 2.24) is 9.62 Å². The van der Waals surface area contributed by atoms with Crippen molar-refractivity contribution in [2.24, 2.45) is 10.7 Å². The molecule has 154 valence electrons. The Morgan fingerprint density at radius 3 is 2.62 bits per heavy atom. The SMILES string of the molecule is NC(=NCc1ccc(S(=O)(=O)N2CCCC2)cc1)NC1CCOc2ccccc21. The third kappa shape index (κ3) is 4.38. The molecule has 3 N–H and O–H groups in total. The Bertz CT molecular complexity index is 983. The lowest BCUT2D eigenvalue weighted by Crippen LogP contribution is -2.37. The predicted octanol–water partition coefficient (Wildman–Crippen LogP) is 2.40. The molecule has 0 saturated carbocycles. The van der Waals surface area contributed by atoms with Crippen LogP contribution in [0.2, 0.25) is 0 Å². The van der Waals surface area contributed by atoms with E-state index in [1.54, 1.807) is 28.6 Å². The molecule has 29 heavy (non-hydrogen) atoms. The van der Waals surface area contributed by atoms with Crippen LogP contribution in [0.3, 0.4) is 0 Å². The lowest BCUT2D eigenvalue weighted by atomic mass is 10.0. The van der Waals surface area contributed by atoms with E-state index in [2.05, 4.69) is 10.3 Å². The minimum atomic E-state index is -3.39. The van der Waals surface area contributed by atoms with Crippen LogP contribution in [0.5, 0.6) is 5.75 Å². The summed E-state index contributed by atoms with van der Waals surface area (Å²) in [5, 5.41) is 3.26. The number of nitrogens with two attached hydrogens (primary N) is 1. The van der Waals surface area contributed by atoms with Gasteiger partial charge in [0.2, 0.25) is 10.0 Å². The van der Waals surface area contributed by atoms with Crippen molar-refractivity contribution in [2.75, 3.05) is 19.7 Å². The number of fused-ring (bicyclic) bond motifs is 1. The highest BCUT2D eigenvalue weighted by Crippen LogP contribution is 2.31. The maximum Gasteiger partial charge on any atom is 0.243 e. The Balaban J connectivity index is 1.39. The van der Waals surface area contributed by atoms with Crippen molar-refractivity contribution in [3.05, 3.63) is 59.7 Å². The molecule has 0 aliphatic carbocycles. The summed E-state index contributed by atoms with van der Waals surface area (Å²) in [6, 6.07) is 14.9. The van der Waals surface area contributed by atoms with E-state index >= 15 is 0 Å². The first kappa shape index (κ1) is 19.7. The molecule has 4 rings (SSSR count). The maximum atomic E-state index is 12.6. The van der Waals surface area contributed by atoms with E-state index in [9.17, 15) is 8.42 Å². The van der Waals surface area contributed by atoms with Crippen LogP contribution in [0.15, 0.2) is 58.4 Å². The number of nitrogens with one attached hydrogen (secondary N) is 1. The molecular formula is C21H26N4O3S. The molecule has 0 amide bonds. The zero-order valence-corrected chi connectivity index (χ0v) is 17.1. The van der Waals surface area contributed by atoms with E-state index in [0.29, 0.717) is 37.1 Å². The molecule has 2 heterocycles. The van der Waals surface area contributed by atoms with Crippen LogP contribution < -0.4 is 15.8 Å². The molecule has 8 heteroatoms. The van der Waals surface area contributed by atoms with E-state index in [4.69, 9.17) is 10.5 Å². The van der Waals surface area contributed by atoms with Crippen molar-refractivity contribution in [3.8, 4) is 5.75 Å². The molecule has 1 fully saturated rings. The van der Waals surface area contributed by atoms with E-state index in [1.165, 1.54) is 0 Å². The van der Waals surface area contributed by atoms with E-state index in [0.717, 1.165) is 36.1 Å². The van der Waals surface area contributed by atoms with Crippen LogP contribution in [0.25, 0.3) is 0 Å². The Kier molecular flexibility index (Phi) is 5.73. The number of hydrogen-bond donors (Lipinski definition) is 2. The summed E-state index contributed by atoms with van der Waals surface area (Å²) < 4.78 is 32.4. The number of sulfonamides is 1. The molecule has 0 bridgehead atoms. The van der Waals surface area contributed by atoms with Crippen LogP contribution in [-0.4, -0.2) is 38.4 Å². The summed E-state index contributed by atoms with van der Waals surface area (Å²) in [5.74, 6) is 1.24. The highest BCUT2D eigenvalue weighted by molar-refractivity contribution is 7.89. The van der Waals surface area contributed by atoms with Gasteiger partial charge in [-0.3, -0.25) is 0 Å². The standard InChI is InChI=1S/C21H26N4O3S/c22-21(24-19-11-14-28-20-6-2-1-5-18(19)20)23-15-16-7-9-17(10-8-16)29(26,27)25-12-3-4-13-25/h1-2,5-10,19H,3-4,11-15H2,(H3,22,23,24). The van der Waals surface area contributed by atoms with Crippen molar-refractivity contribution >= 4 is 16.0 Å². The van der Waals surface area contributed by atoms with Crippen LogP contribution in [0, 0.1) is 0 Å². The number of nitrogens with zero attached hydrogens (tertiary/aromatic N) is 2. The highest BCUT2D eigenvalue weighted by Gasteiger charge is 2.27. The van der Waals surface area contributed by atoms with Gasteiger partial charge in [0.15, 0.2) is 5.96 Å². The molecule has 2 aliphatic rings. The summed E-state index contributed by atoms with van der Waals surface area (Å²) in [5.41, 5.74) is 8.07. The third-order valence-corrected chi connectivity index (χ3v) is 7.25. The van der Waals surface area contributed by atoms with Crippen LogP contribution in [0.1, 0.15) is 36.4 Å². The fourth-order valence-electron chi connectivity index (χ4n) is 3.74. The van der Waals surface area contributed by atoms with Gasteiger partial charge in [-0.1, -0.05) is 30.3 Å². The molecule has 1 unspecified atom stereocenters. The minimum Gasteiger partial charge on any atom is -0.493 e. The smallest absolute Gasteiger partial charge is 0.243 e. The maximum absolute atomic E-state index is 12.6. The Labute approximate surface area is 171 Å². The average molecular weight is 415 g/mol. The van der Waals surface area contributed by atoms with Gasteiger partial charge in [0.1, 0.15) is 5.75 Å². The summed E-state index contributed by atoms with van der Waals surface area (Å²) in [7, 11) is -3.39.